The van der Waals surface area contributed by atoms with Crippen molar-refractivity contribution in [3.63, 3.8) is 0 Å². The predicted octanol–water partition coefficient (Wildman–Crippen LogP) is 3.83. The van der Waals surface area contributed by atoms with Crippen LogP contribution in [0.2, 0.25) is 0 Å². The van der Waals surface area contributed by atoms with Gasteiger partial charge < -0.3 is 14.8 Å². The molecule has 18 heavy (non-hydrogen) atoms. The van der Waals surface area contributed by atoms with Crippen molar-refractivity contribution in [2.45, 2.75) is 37.8 Å². The summed E-state index contributed by atoms with van der Waals surface area (Å²) in [5, 5.41) is 3.58. The van der Waals surface area contributed by atoms with Crippen LogP contribution in [0.3, 0.4) is 0 Å². The molecule has 0 amide bonds. The Morgan fingerprint density at radius 1 is 1.28 bits per heavy atom. The van der Waals surface area contributed by atoms with E-state index in [2.05, 4.69) is 21.2 Å². The highest BCUT2D eigenvalue weighted by Crippen LogP contribution is 2.30. The standard InChI is InChI=1S/C14H20BrNO2/c1-17-11-5-3-4-10(8-11)16-14-9-12(18-2)6-7-13(14)15/h6-7,9-11,16H,3-5,8H2,1-2H3. The Labute approximate surface area is 117 Å². The molecular formula is C14H20BrNO2. The molecule has 0 spiro atoms. The first-order valence-corrected chi connectivity index (χ1v) is 7.15. The molecule has 0 aromatic heterocycles. The van der Waals surface area contributed by atoms with Crippen LogP contribution < -0.4 is 10.1 Å². The third-order valence-corrected chi connectivity index (χ3v) is 4.18. The van der Waals surface area contributed by atoms with Gasteiger partial charge in [0.1, 0.15) is 5.75 Å². The Hall–Kier alpha value is -0.740. The summed E-state index contributed by atoms with van der Waals surface area (Å²) in [6.07, 6.45) is 5.05. The van der Waals surface area contributed by atoms with Crippen molar-refractivity contribution in [2.24, 2.45) is 0 Å². The van der Waals surface area contributed by atoms with Gasteiger partial charge in [0.2, 0.25) is 0 Å². The zero-order valence-corrected chi connectivity index (χ0v) is 12.5. The highest BCUT2D eigenvalue weighted by Gasteiger charge is 2.22. The first-order chi connectivity index (χ1) is 8.72. The predicted molar refractivity (Wildman–Crippen MR) is 77.4 cm³/mol. The summed E-state index contributed by atoms with van der Waals surface area (Å²) in [4.78, 5) is 0. The molecule has 0 heterocycles. The van der Waals surface area contributed by atoms with Crippen LogP contribution in [-0.2, 0) is 4.74 Å². The zero-order valence-electron chi connectivity index (χ0n) is 10.9. The van der Waals surface area contributed by atoms with Crippen molar-refractivity contribution in [1.29, 1.82) is 0 Å². The van der Waals surface area contributed by atoms with Gasteiger partial charge in [-0.1, -0.05) is 0 Å². The molecule has 1 aliphatic rings. The molecule has 4 heteroatoms. The maximum atomic E-state index is 5.46. The average Bonchev–Trinajstić information content (AvgIpc) is 2.41. The van der Waals surface area contributed by atoms with Crippen molar-refractivity contribution >= 4 is 21.6 Å². The minimum atomic E-state index is 0.389. The van der Waals surface area contributed by atoms with Gasteiger partial charge in [-0.05, 0) is 53.7 Å². The van der Waals surface area contributed by atoms with Crippen LogP contribution >= 0.6 is 15.9 Å². The number of hydrogen-bond donors (Lipinski definition) is 1. The van der Waals surface area contributed by atoms with Gasteiger partial charge in [-0.15, -0.1) is 0 Å². The summed E-state index contributed by atoms with van der Waals surface area (Å²) in [7, 11) is 3.49. The molecule has 0 aliphatic heterocycles. The van der Waals surface area contributed by atoms with E-state index in [4.69, 9.17) is 9.47 Å². The topological polar surface area (TPSA) is 30.5 Å². The smallest absolute Gasteiger partial charge is 0.121 e. The van der Waals surface area contributed by atoms with E-state index in [0.29, 0.717) is 12.1 Å². The normalized spacial score (nSPS) is 23.7. The number of rotatable bonds is 4. The van der Waals surface area contributed by atoms with E-state index in [1.807, 2.05) is 18.2 Å². The Morgan fingerprint density at radius 3 is 2.83 bits per heavy atom. The molecule has 1 aromatic carbocycles. The second-order valence-corrected chi connectivity index (χ2v) is 5.57. The second kappa shape index (κ2) is 6.43. The number of anilines is 1. The third-order valence-electron chi connectivity index (χ3n) is 3.49. The van der Waals surface area contributed by atoms with Crippen molar-refractivity contribution < 1.29 is 9.47 Å². The summed E-state index contributed by atoms with van der Waals surface area (Å²) < 4.78 is 11.8. The third kappa shape index (κ3) is 3.39. The molecular weight excluding hydrogens is 294 g/mol. The first kappa shape index (κ1) is 13.7. The summed E-state index contributed by atoms with van der Waals surface area (Å²) in [5.41, 5.74) is 1.09. The fraction of sp³-hybridized carbons (Fsp3) is 0.571. The number of nitrogens with one attached hydrogen (secondary N) is 1. The fourth-order valence-electron chi connectivity index (χ4n) is 2.45. The van der Waals surface area contributed by atoms with Crippen molar-refractivity contribution in [1.82, 2.24) is 0 Å². The minimum Gasteiger partial charge on any atom is -0.497 e. The zero-order chi connectivity index (χ0) is 13.0. The highest BCUT2D eigenvalue weighted by atomic mass is 79.9. The van der Waals surface area contributed by atoms with Gasteiger partial charge in [0, 0.05) is 23.7 Å². The van der Waals surface area contributed by atoms with Gasteiger partial charge in [0.15, 0.2) is 0 Å². The van der Waals surface area contributed by atoms with Crippen LogP contribution in [0.5, 0.6) is 5.75 Å². The van der Waals surface area contributed by atoms with E-state index < -0.39 is 0 Å². The van der Waals surface area contributed by atoms with E-state index in [1.165, 1.54) is 19.3 Å². The molecule has 3 nitrogen and oxygen atoms in total. The maximum absolute atomic E-state index is 5.46. The highest BCUT2D eigenvalue weighted by molar-refractivity contribution is 9.10. The van der Waals surface area contributed by atoms with E-state index in [-0.39, 0.29) is 0 Å². The summed E-state index contributed by atoms with van der Waals surface area (Å²) in [5.74, 6) is 0.875. The van der Waals surface area contributed by atoms with Crippen molar-refractivity contribution in [2.75, 3.05) is 19.5 Å². The van der Waals surface area contributed by atoms with Gasteiger partial charge in [0.05, 0.1) is 18.9 Å². The monoisotopic (exact) mass is 313 g/mol. The number of ether oxygens (including phenoxy) is 2. The molecule has 1 aliphatic carbocycles. The number of hydrogen-bond acceptors (Lipinski definition) is 3. The first-order valence-electron chi connectivity index (χ1n) is 6.36. The Morgan fingerprint density at radius 2 is 2.11 bits per heavy atom. The summed E-state index contributed by atoms with van der Waals surface area (Å²) in [6.45, 7) is 0. The lowest BCUT2D eigenvalue weighted by atomic mass is 9.92. The van der Waals surface area contributed by atoms with Crippen LogP contribution in [0.25, 0.3) is 0 Å². The lowest BCUT2D eigenvalue weighted by Crippen LogP contribution is -2.31. The van der Waals surface area contributed by atoms with Gasteiger partial charge >= 0.3 is 0 Å². The molecule has 2 rings (SSSR count). The Balaban J connectivity index is 2.04. The van der Waals surface area contributed by atoms with Crippen LogP contribution in [0.1, 0.15) is 25.7 Å². The number of halogens is 1. The molecule has 2 atom stereocenters. The molecule has 0 radical (unpaired) electrons. The van der Waals surface area contributed by atoms with E-state index in [0.717, 1.165) is 22.3 Å². The Kier molecular flexibility index (Phi) is 4.89. The molecule has 1 saturated carbocycles. The SMILES string of the molecule is COc1ccc(Br)c(NC2CCCC(OC)C2)c1. The molecule has 1 N–H and O–H groups in total. The number of methoxy groups -OCH3 is 2. The van der Waals surface area contributed by atoms with E-state index in [1.54, 1.807) is 14.2 Å². The summed E-state index contributed by atoms with van der Waals surface area (Å²) >= 11 is 3.57. The summed E-state index contributed by atoms with van der Waals surface area (Å²) in [6, 6.07) is 6.47. The lowest BCUT2D eigenvalue weighted by Gasteiger charge is -2.30. The molecule has 0 saturated heterocycles. The molecule has 0 bridgehead atoms. The largest absolute Gasteiger partial charge is 0.497 e. The Bertz CT molecular complexity index is 397. The van der Waals surface area contributed by atoms with Crippen molar-refractivity contribution in [3.05, 3.63) is 22.7 Å². The average molecular weight is 314 g/mol. The molecule has 2 unspecified atom stereocenters. The van der Waals surface area contributed by atoms with E-state index >= 15 is 0 Å². The van der Waals surface area contributed by atoms with Gasteiger partial charge in [0.25, 0.3) is 0 Å². The number of benzene rings is 1. The fourth-order valence-corrected chi connectivity index (χ4v) is 2.81. The lowest BCUT2D eigenvalue weighted by molar-refractivity contribution is 0.0669. The van der Waals surface area contributed by atoms with Crippen LogP contribution in [0.15, 0.2) is 22.7 Å². The second-order valence-electron chi connectivity index (χ2n) is 4.71. The van der Waals surface area contributed by atoms with Crippen LogP contribution in [0, 0.1) is 0 Å². The minimum absolute atomic E-state index is 0.389. The van der Waals surface area contributed by atoms with Crippen LogP contribution in [-0.4, -0.2) is 26.4 Å². The van der Waals surface area contributed by atoms with E-state index in [9.17, 15) is 0 Å². The molecule has 1 fully saturated rings. The van der Waals surface area contributed by atoms with Gasteiger partial charge in [-0.25, -0.2) is 0 Å². The maximum Gasteiger partial charge on any atom is 0.121 e. The quantitative estimate of drug-likeness (QED) is 0.916. The van der Waals surface area contributed by atoms with Gasteiger partial charge in [-0.2, -0.15) is 0 Å². The van der Waals surface area contributed by atoms with Gasteiger partial charge in [-0.3, -0.25) is 0 Å². The van der Waals surface area contributed by atoms with Crippen LogP contribution in [0.4, 0.5) is 5.69 Å². The molecule has 100 valence electrons. The van der Waals surface area contributed by atoms with Crippen molar-refractivity contribution in [3.8, 4) is 5.75 Å². The molecule has 1 aromatic rings.